The number of oxime groups is 1. The largest absolute Gasteiger partial charge is 0.409 e. The quantitative estimate of drug-likeness (QED) is 0.324. The lowest BCUT2D eigenvalue weighted by Gasteiger charge is -2.34. The van der Waals surface area contributed by atoms with Crippen LogP contribution in [-0.2, 0) is 0 Å². The highest BCUT2D eigenvalue weighted by molar-refractivity contribution is 5.80. The van der Waals surface area contributed by atoms with E-state index in [4.69, 9.17) is 10.9 Å². The molecule has 1 aliphatic heterocycles. The first-order valence-corrected chi connectivity index (χ1v) is 6.92. The van der Waals surface area contributed by atoms with Crippen LogP contribution in [0, 0.1) is 5.92 Å². The molecule has 0 aromatic carbocycles. The molecule has 1 rings (SSSR count). The Morgan fingerprint density at radius 2 is 2.11 bits per heavy atom. The van der Waals surface area contributed by atoms with Crippen LogP contribution < -0.4 is 5.73 Å². The van der Waals surface area contributed by atoms with Crippen molar-refractivity contribution in [2.75, 3.05) is 33.7 Å². The first-order valence-electron chi connectivity index (χ1n) is 6.92. The Morgan fingerprint density at radius 1 is 1.50 bits per heavy atom. The van der Waals surface area contributed by atoms with Gasteiger partial charge in [0.05, 0.1) is 0 Å². The number of piperidine rings is 1. The van der Waals surface area contributed by atoms with E-state index in [-0.39, 0.29) is 0 Å². The molecule has 0 aromatic rings. The fourth-order valence-corrected chi connectivity index (χ4v) is 2.70. The molecule has 1 saturated heterocycles. The van der Waals surface area contributed by atoms with Gasteiger partial charge in [-0.1, -0.05) is 12.1 Å². The summed E-state index contributed by atoms with van der Waals surface area (Å²) in [5.41, 5.74) is 5.61. The number of likely N-dealkylation sites (tertiary alicyclic amines) is 1. The molecule has 0 amide bonds. The standard InChI is InChI=1S/C13H28N4O/c1-4-12(9-13(14)15-18)17(3)10-11-5-7-16(2)8-6-11/h11-12,18H,4-10H2,1-3H3,(H2,14,15). The van der Waals surface area contributed by atoms with Gasteiger partial charge in [0, 0.05) is 19.0 Å². The van der Waals surface area contributed by atoms with Crippen LogP contribution in [0.4, 0.5) is 0 Å². The number of nitrogens with two attached hydrogens (primary N) is 1. The van der Waals surface area contributed by atoms with Gasteiger partial charge in [-0.15, -0.1) is 0 Å². The molecule has 0 aliphatic carbocycles. The molecule has 1 unspecified atom stereocenters. The summed E-state index contributed by atoms with van der Waals surface area (Å²) in [5.74, 6) is 1.12. The smallest absolute Gasteiger partial charge is 0.140 e. The molecule has 1 heterocycles. The van der Waals surface area contributed by atoms with Crippen molar-refractivity contribution in [3.63, 3.8) is 0 Å². The average Bonchev–Trinajstić information content (AvgIpc) is 2.38. The summed E-state index contributed by atoms with van der Waals surface area (Å²) in [5, 5.41) is 11.7. The fourth-order valence-electron chi connectivity index (χ4n) is 2.70. The van der Waals surface area contributed by atoms with Gasteiger partial charge >= 0.3 is 0 Å². The average molecular weight is 256 g/mol. The minimum absolute atomic E-state index is 0.331. The Hall–Kier alpha value is -0.810. The normalized spacial score (nSPS) is 21.4. The summed E-state index contributed by atoms with van der Waals surface area (Å²) in [6.45, 7) is 5.68. The minimum Gasteiger partial charge on any atom is -0.409 e. The van der Waals surface area contributed by atoms with Gasteiger partial charge in [0.1, 0.15) is 5.84 Å². The predicted octanol–water partition coefficient (Wildman–Crippen LogP) is 1.18. The van der Waals surface area contributed by atoms with Crippen LogP contribution in [0.3, 0.4) is 0 Å². The molecule has 0 spiro atoms. The predicted molar refractivity (Wildman–Crippen MR) is 75.0 cm³/mol. The van der Waals surface area contributed by atoms with Crippen LogP contribution in [0.15, 0.2) is 5.16 Å². The minimum atomic E-state index is 0.331. The van der Waals surface area contributed by atoms with Gasteiger partial charge < -0.3 is 20.7 Å². The van der Waals surface area contributed by atoms with Crippen molar-refractivity contribution in [2.24, 2.45) is 16.8 Å². The van der Waals surface area contributed by atoms with Crippen molar-refractivity contribution in [1.82, 2.24) is 9.80 Å². The molecular formula is C13H28N4O. The molecule has 0 radical (unpaired) electrons. The van der Waals surface area contributed by atoms with Crippen molar-refractivity contribution in [1.29, 1.82) is 0 Å². The zero-order valence-electron chi connectivity index (χ0n) is 12.0. The summed E-state index contributed by atoms with van der Waals surface area (Å²) in [6, 6.07) is 0.376. The molecule has 0 bridgehead atoms. The van der Waals surface area contributed by atoms with Gasteiger partial charge in [0.15, 0.2) is 0 Å². The number of hydrogen-bond acceptors (Lipinski definition) is 4. The Bertz CT molecular complexity index is 262. The van der Waals surface area contributed by atoms with Crippen molar-refractivity contribution in [3.8, 4) is 0 Å². The first-order chi connectivity index (χ1) is 8.56. The van der Waals surface area contributed by atoms with Gasteiger partial charge in [-0.05, 0) is 52.4 Å². The van der Waals surface area contributed by atoms with Crippen molar-refractivity contribution in [2.45, 2.75) is 38.6 Å². The van der Waals surface area contributed by atoms with Gasteiger partial charge in [-0.3, -0.25) is 0 Å². The zero-order chi connectivity index (χ0) is 13.5. The topological polar surface area (TPSA) is 65.1 Å². The molecule has 1 fully saturated rings. The second-order valence-electron chi connectivity index (χ2n) is 5.54. The number of nitrogens with zero attached hydrogens (tertiary/aromatic N) is 3. The second-order valence-corrected chi connectivity index (χ2v) is 5.54. The van der Waals surface area contributed by atoms with Crippen LogP contribution in [0.1, 0.15) is 32.6 Å². The number of hydrogen-bond donors (Lipinski definition) is 2. The monoisotopic (exact) mass is 256 g/mol. The molecule has 5 nitrogen and oxygen atoms in total. The number of rotatable bonds is 6. The Kier molecular flexibility index (Phi) is 6.43. The molecule has 1 atom stereocenters. The van der Waals surface area contributed by atoms with Gasteiger partial charge in [0.25, 0.3) is 0 Å². The van der Waals surface area contributed by atoms with E-state index < -0.39 is 0 Å². The van der Waals surface area contributed by atoms with Crippen LogP contribution in [0.2, 0.25) is 0 Å². The molecule has 3 N–H and O–H groups in total. The SMILES string of the molecule is CCC(CC(N)=NO)N(C)CC1CCN(C)CC1. The van der Waals surface area contributed by atoms with E-state index in [0.29, 0.717) is 18.3 Å². The van der Waals surface area contributed by atoms with E-state index in [1.54, 1.807) is 0 Å². The first kappa shape index (κ1) is 15.2. The molecule has 18 heavy (non-hydrogen) atoms. The fraction of sp³-hybridized carbons (Fsp3) is 0.923. The van der Waals surface area contributed by atoms with E-state index in [0.717, 1.165) is 18.9 Å². The lowest BCUT2D eigenvalue weighted by atomic mass is 9.95. The Labute approximate surface area is 111 Å². The van der Waals surface area contributed by atoms with Crippen LogP contribution in [0.25, 0.3) is 0 Å². The van der Waals surface area contributed by atoms with E-state index in [2.05, 4.69) is 36.0 Å². The molecule has 1 aliphatic rings. The number of amidine groups is 1. The highest BCUT2D eigenvalue weighted by Gasteiger charge is 2.21. The summed E-state index contributed by atoms with van der Waals surface area (Å²) < 4.78 is 0. The maximum absolute atomic E-state index is 8.65. The Morgan fingerprint density at radius 3 is 2.61 bits per heavy atom. The van der Waals surface area contributed by atoms with Crippen LogP contribution in [0.5, 0.6) is 0 Å². The molecular weight excluding hydrogens is 228 g/mol. The highest BCUT2D eigenvalue weighted by atomic mass is 16.4. The van der Waals surface area contributed by atoms with Crippen LogP contribution >= 0.6 is 0 Å². The maximum Gasteiger partial charge on any atom is 0.140 e. The third-order valence-electron chi connectivity index (χ3n) is 4.05. The van der Waals surface area contributed by atoms with Crippen molar-refractivity contribution < 1.29 is 5.21 Å². The third-order valence-corrected chi connectivity index (χ3v) is 4.05. The lowest BCUT2D eigenvalue weighted by molar-refractivity contribution is 0.148. The summed E-state index contributed by atoms with van der Waals surface area (Å²) in [4.78, 5) is 4.76. The van der Waals surface area contributed by atoms with Crippen LogP contribution in [-0.4, -0.2) is 60.6 Å². The summed E-state index contributed by atoms with van der Waals surface area (Å²) in [6.07, 6.45) is 4.23. The third kappa shape index (κ3) is 4.82. The van der Waals surface area contributed by atoms with Crippen molar-refractivity contribution in [3.05, 3.63) is 0 Å². The molecule has 0 saturated carbocycles. The molecule has 0 aromatic heterocycles. The van der Waals surface area contributed by atoms with E-state index in [1.807, 2.05) is 0 Å². The second kappa shape index (κ2) is 7.59. The maximum atomic E-state index is 8.65. The van der Waals surface area contributed by atoms with Gasteiger partial charge in [0.2, 0.25) is 0 Å². The zero-order valence-corrected chi connectivity index (χ0v) is 12.0. The highest BCUT2D eigenvalue weighted by Crippen LogP contribution is 2.19. The van der Waals surface area contributed by atoms with Gasteiger partial charge in [-0.2, -0.15) is 0 Å². The Balaban J connectivity index is 2.39. The molecule has 5 heteroatoms. The van der Waals surface area contributed by atoms with Crippen molar-refractivity contribution >= 4 is 5.84 Å². The summed E-state index contributed by atoms with van der Waals surface area (Å²) in [7, 11) is 4.34. The van der Waals surface area contributed by atoms with E-state index >= 15 is 0 Å². The summed E-state index contributed by atoms with van der Waals surface area (Å²) >= 11 is 0. The molecule has 106 valence electrons. The van der Waals surface area contributed by atoms with Gasteiger partial charge in [-0.25, -0.2) is 0 Å². The van der Waals surface area contributed by atoms with E-state index in [1.165, 1.54) is 25.9 Å². The lowest BCUT2D eigenvalue weighted by Crippen LogP contribution is -2.41. The van der Waals surface area contributed by atoms with E-state index in [9.17, 15) is 0 Å².